The van der Waals surface area contributed by atoms with Crippen LogP contribution in [-0.2, 0) is 11.3 Å². The molecule has 4 rings (SSSR count). The van der Waals surface area contributed by atoms with Crippen LogP contribution in [0.3, 0.4) is 0 Å². The molecule has 6 heteroatoms. The molecular formula is C19H20N4O2. The number of pyridine rings is 1. The van der Waals surface area contributed by atoms with Crippen LogP contribution in [0, 0.1) is 6.92 Å². The summed E-state index contributed by atoms with van der Waals surface area (Å²) in [4.78, 5) is 18.6. The Morgan fingerprint density at radius 1 is 1.28 bits per heavy atom. The summed E-state index contributed by atoms with van der Waals surface area (Å²) in [6.45, 7) is 5.07. The lowest BCUT2D eigenvalue weighted by molar-refractivity contribution is -0.121. The molecule has 2 N–H and O–H groups in total. The first-order valence-electron chi connectivity index (χ1n) is 8.37. The van der Waals surface area contributed by atoms with Crippen molar-refractivity contribution in [2.45, 2.75) is 20.4 Å². The summed E-state index contributed by atoms with van der Waals surface area (Å²) >= 11 is 0. The lowest BCUT2D eigenvalue weighted by Gasteiger charge is -2.28. The van der Waals surface area contributed by atoms with Crippen molar-refractivity contribution >= 4 is 17.2 Å². The van der Waals surface area contributed by atoms with Crippen molar-refractivity contribution in [1.82, 2.24) is 9.38 Å². The van der Waals surface area contributed by atoms with Gasteiger partial charge in [0.05, 0.1) is 17.1 Å². The molecule has 3 heterocycles. The summed E-state index contributed by atoms with van der Waals surface area (Å²) < 4.78 is 7.58. The Morgan fingerprint density at radius 2 is 2.12 bits per heavy atom. The third kappa shape index (κ3) is 2.46. The van der Waals surface area contributed by atoms with Crippen LogP contribution in [0.15, 0.2) is 36.5 Å². The largest absolute Gasteiger partial charge is 0.482 e. The number of likely N-dealkylation sites (N-methyl/N-ethyl adjacent to an activating group) is 1. The first-order valence-corrected chi connectivity index (χ1v) is 8.37. The van der Waals surface area contributed by atoms with Gasteiger partial charge in [0, 0.05) is 24.8 Å². The predicted molar refractivity (Wildman–Crippen MR) is 96.8 cm³/mol. The lowest BCUT2D eigenvalue weighted by Crippen LogP contribution is -2.38. The Balaban J connectivity index is 1.90. The number of hydrogen-bond donors (Lipinski definition) is 1. The highest BCUT2D eigenvalue weighted by atomic mass is 16.5. The third-order valence-corrected chi connectivity index (χ3v) is 4.55. The maximum atomic E-state index is 12.1. The first kappa shape index (κ1) is 15.7. The van der Waals surface area contributed by atoms with Gasteiger partial charge in [-0.3, -0.25) is 4.79 Å². The quantitative estimate of drug-likeness (QED) is 0.798. The molecule has 0 aliphatic carbocycles. The predicted octanol–water partition coefficient (Wildman–Crippen LogP) is 2.51. The van der Waals surface area contributed by atoms with Crippen molar-refractivity contribution in [3.05, 3.63) is 47.8 Å². The summed E-state index contributed by atoms with van der Waals surface area (Å²) in [6, 6.07) is 9.85. The molecule has 1 aliphatic rings. The van der Waals surface area contributed by atoms with E-state index in [0.29, 0.717) is 13.1 Å². The summed E-state index contributed by atoms with van der Waals surface area (Å²) in [5, 5.41) is 0. The van der Waals surface area contributed by atoms with Crippen molar-refractivity contribution in [1.29, 1.82) is 0 Å². The number of imidazole rings is 1. The maximum Gasteiger partial charge on any atom is 0.265 e. The van der Waals surface area contributed by atoms with Crippen LogP contribution in [0.4, 0.5) is 5.69 Å². The van der Waals surface area contributed by atoms with Crippen LogP contribution in [0.25, 0.3) is 16.9 Å². The average molecular weight is 336 g/mol. The molecule has 1 amide bonds. The molecule has 0 spiro atoms. The number of benzene rings is 1. The van der Waals surface area contributed by atoms with Crippen LogP contribution >= 0.6 is 0 Å². The van der Waals surface area contributed by atoms with Gasteiger partial charge in [-0.2, -0.15) is 0 Å². The Bertz CT molecular complexity index is 977. The van der Waals surface area contributed by atoms with Gasteiger partial charge in [-0.05, 0) is 43.7 Å². The zero-order valence-electron chi connectivity index (χ0n) is 14.3. The van der Waals surface area contributed by atoms with E-state index in [4.69, 9.17) is 15.5 Å². The average Bonchev–Trinajstić information content (AvgIpc) is 2.98. The van der Waals surface area contributed by atoms with Crippen LogP contribution in [-0.4, -0.2) is 28.4 Å². The minimum absolute atomic E-state index is 0.0307. The number of carbonyl (C=O) groups excluding carboxylic acids is 1. The number of rotatable bonds is 3. The molecule has 0 unspecified atom stereocenters. The van der Waals surface area contributed by atoms with E-state index in [1.165, 1.54) is 0 Å². The van der Waals surface area contributed by atoms with Crippen LogP contribution in [0.1, 0.15) is 18.2 Å². The zero-order valence-corrected chi connectivity index (χ0v) is 14.3. The van der Waals surface area contributed by atoms with E-state index in [-0.39, 0.29) is 12.5 Å². The fourth-order valence-corrected chi connectivity index (χ4v) is 3.32. The van der Waals surface area contributed by atoms with Gasteiger partial charge in [0.25, 0.3) is 5.91 Å². The van der Waals surface area contributed by atoms with Crippen LogP contribution in [0.5, 0.6) is 5.75 Å². The van der Waals surface area contributed by atoms with Gasteiger partial charge in [0.15, 0.2) is 6.61 Å². The fraction of sp³-hybridized carbons (Fsp3) is 0.263. The maximum absolute atomic E-state index is 12.1. The standard InChI is InChI=1S/C19H20N4O2/c1-3-22-14-8-13(5-6-16(14)25-11-18(22)24)19-15(9-20)23-10-12(2)4-7-17(23)21-19/h4-8,10H,3,9,11,20H2,1-2H3. The van der Waals surface area contributed by atoms with Crippen molar-refractivity contribution in [3.63, 3.8) is 0 Å². The SMILES string of the molecule is CCN1C(=O)COc2ccc(-c3nc4ccc(C)cn4c3CN)cc21. The molecule has 6 nitrogen and oxygen atoms in total. The second-order valence-corrected chi connectivity index (χ2v) is 6.16. The highest BCUT2D eigenvalue weighted by molar-refractivity contribution is 5.98. The fourth-order valence-electron chi connectivity index (χ4n) is 3.32. The molecule has 128 valence electrons. The molecule has 0 atom stereocenters. The molecule has 25 heavy (non-hydrogen) atoms. The molecule has 0 fully saturated rings. The number of aromatic nitrogens is 2. The highest BCUT2D eigenvalue weighted by Crippen LogP contribution is 2.36. The number of nitrogens with two attached hydrogens (primary N) is 1. The van der Waals surface area contributed by atoms with E-state index in [0.717, 1.165) is 39.6 Å². The molecule has 0 saturated carbocycles. The number of ether oxygens (including phenoxy) is 1. The Labute approximate surface area is 145 Å². The molecule has 0 bridgehead atoms. The van der Waals surface area contributed by atoms with Gasteiger partial charge in [-0.15, -0.1) is 0 Å². The van der Waals surface area contributed by atoms with E-state index in [2.05, 4.69) is 0 Å². The van der Waals surface area contributed by atoms with E-state index in [9.17, 15) is 4.79 Å². The van der Waals surface area contributed by atoms with Gasteiger partial charge in [-0.1, -0.05) is 6.07 Å². The molecule has 1 aliphatic heterocycles. The Morgan fingerprint density at radius 3 is 2.88 bits per heavy atom. The normalized spacial score (nSPS) is 13.9. The molecule has 2 aromatic heterocycles. The number of aryl methyl sites for hydroxylation is 1. The molecule has 1 aromatic carbocycles. The minimum Gasteiger partial charge on any atom is -0.482 e. The minimum atomic E-state index is -0.0307. The topological polar surface area (TPSA) is 72.9 Å². The van der Waals surface area contributed by atoms with Gasteiger partial charge >= 0.3 is 0 Å². The van der Waals surface area contributed by atoms with Crippen LogP contribution in [0.2, 0.25) is 0 Å². The molecular weight excluding hydrogens is 316 g/mol. The van der Waals surface area contributed by atoms with Gasteiger partial charge in [-0.25, -0.2) is 4.98 Å². The second-order valence-electron chi connectivity index (χ2n) is 6.16. The van der Waals surface area contributed by atoms with E-state index in [1.54, 1.807) is 4.90 Å². The van der Waals surface area contributed by atoms with Crippen molar-refractivity contribution in [2.75, 3.05) is 18.1 Å². The van der Waals surface area contributed by atoms with Crippen molar-refractivity contribution in [2.24, 2.45) is 5.73 Å². The smallest absolute Gasteiger partial charge is 0.265 e. The zero-order chi connectivity index (χ0) is 17.6. The third-order valence-electron chi connectivity index (χ3n) is 4.55. The summed E-state index contributed by atoms with van der Waals surface area (Å²) in [5.41, 5.74) is 11.5. The van der Waals surface area contributed by atoms with Gasteiger partial charge in [0.2, 0.25) is 0 Å². The van der Waals surface area contributed by atoms with E-state index >= 15 is 0 Å². The number of fused-ring (bicyclic) bond motifs is 2. The lowest BCUT2D eigenvalue weighted by atomic mass is 10.1. The Hall–Kier alpha value is -2.86. The number of nitrogens with zero attached hydrogens (tertiary/aromatic N) is 3. The number of amides is 1. The van der Waals surface area contributed by atoms with Crippen molar-refractivity contribution in [3.8, 4) is 17.0 Å². The molecule has 0 saturated heterocycles. The number of hydrogen-bond acceptors (Lipinski definition) is 4. The first-order chi connectivity index (χ1) is 12.1. The summed E-state index contributed by atoms with van der Waals surface area (Å²) in [7, 11) is 0. The highest BCUT2D eigenvalue weighted by Gasteiger charge is 2.25. The van der Waals surface area contributed by atoms with Gasteiger partial charge in [0.1, 0.15) is 11.4 Å². The van der Waals surface area contributed by atoms with Crippen molar-refractivity contribution < 1.29 is 9.53 Å². The molecule has 3 aromatic rings. The monoisotopic (exact) mass is 336 g/mol. The molecule has 0 radical (unpaired) electrons. The van der Waals surface area contributed by atoms with E-state index < -0.39 is 0 Å². The Kier molecular flexibility index (Phi) is 3.69. The summed E-state index contributed by atoms with van der Waals surface area (Å²) in [5.74, 6) is 0.691. The second kappa shape index (κ2) is 5.89. The van der Waals surface area contributed by atoms with E-state index in [1.807, 2.05) is 54.8 Å². The number of anilines is 1. The van der Waals surface area contributed by atoms with Gasteiger partial charge < -0.3 is 19.8 Å². The number of carbonyl (C=O) groups is 1. The van der Waals surface area contributed by atoms with Crippen LogP contribution < -0.4 is 15.4 Å². The summed E-state index contributed by atoms with van der Waals surface area (Å²) in [6.07, 6.45) is 2.04.